The first-order chi connectivity index (χ1) is 15.7. The Morgan fingerprint density at radius 3 is 2.72 bits per heavy atom. The van der Waals surface area contributed by atoms with E-state index < -0.39 is 6.10 Å². The number of nitrogens with one attached hydrogen (secondary N) is 2. The summed E-state index contributed by atoms with van der Waals surface area (Å²) in [5.41, 5.74) is 3.66. The maximum Gasteiger partial charge on any atom is 0.272 e. The number of hydrogen-bond donors (Lipinski definition) is 2. The standard InChI is InChI=1S/C24H26N4O4/c29-23(25-14-19-6-3-11-31-19)21-13-20(26-27-21)16-7-9-28(10-8-16)24(30)22-12-17-4-1-2-5-18(17)15-32-22/h1-6,11,13,16,22H,7-10,12,14-15H2,(H,25,29)(H,26,27). The molecule has 0 radical (unpaired) electrons. The Labute approximate surface area is 185 Å². The molecule has 0 saturated carbocycles. The van der Waals surface area contributed by atoms with E-state index in [1.165, 1.54) is 11.1 Å². The molecule has 0 aliphatic carbocycles. The summed E-state index contributed by atoms with van der Waals surface area (Å²) in [6, 6.07) is 13.5. The smallest absolute Gasteiger partial charge is 0.272 e. The summed E-state index contributed by atoms with van der Waals surface area (Å²) in [5.74, 6) is 0.759. The minimum absolute atomic E-state index is 0.0700. The predicted molar refractivity (Wildman–Crippen MR) is 116 cm³/mol. The number of piperidine rings is 1. The second-order valence-corrected chi connectivity index (χ2v) is 8.34. The van der Waals surface area contributed by atoms with E-state index in [-0.39, 0.29) is 17.7 Å². The van der Waals surface area contributed by atoms with Gasteiger partial charge in [0.25, 0.3) is 11.8 Å². The number of aromatic amines is 1. The van der Waals surface area contributed by atoms with Crippen molar-refractivity contribution in [2.24, 2.45) is 0 Å². The molecule has 2 N–H and O–H groups in total. The van der Waals surface area contributed by atoms with Crippen LogP contribution >= 0.6 is 0 Å². The zero-order valence-corrected chi connectivity index (χ0v) is 17.8. The van der Waals surface area contributed by atoms with E-state index in [0.717, 1.165) is 18.5 Å². The first-order valence-electron chi connectivity index (χ1n) is 11.0. The molecular formula is C24H26N4O4. The number of ether oxygens (including phenoxy) is 1. The largest absolute Gasteiger partial charge is 0.467 e. The summed E-state index contributed by atoms with van der Waals surface area (Å²) in [4.78, 5) is 27.2. The van der Waals surface area contributed by atoms with Crippen molar-refractivity contribution in [1.29, 1.82) is 0 Å². The van der Waals surface area contributed by atoms with Crippen LogP contribution in [0, 0.1) is 0 Å². The molecule has 2 aliphatic rings. The topological polar surface area (TPSA) is 100 Å². The lowest BCUT2D eigenvalue weighted by atomic mass is 9.92. The van der Waals surface area contributed by atoms with Gasteiger partial charge < -0.3 is 19.4 Å². The van der Waals surface area contributed by atoms with E-state index in [0.29, 0.717) is 44.1 Å². The van der Waals surface area contributed by atoms with Gasteiger partial charge in [0, 0.05) is 31.1 Å². The molecule has 1 unspecified atom stereocenters. The minimum atomic E-state index is -0.405. The van der Waals surface area contributed by atoms with Crippen LogP contribution in [0.15, 0.2) is 53.1 Å². The molecule has 0 spiro atoms. The number of carbonyl (C=O) groups is 2. The zero-order valence-electron chi connectivity index (χ0n) is 17.8. The monoisotopic (exact) mass is 434 g/mol. The summed E-state index contributed by atoms with van der Waals surface area (Å²) in [7, 11) is 0. The highest BCUT2D eigenvalue weighted by Crippen LogP contribution is 2.29. The van der Waals surface area contributed by atoms with E-state index >= 15 is 0 Å². The quantitative estimate of drug-likeness (QED) is 0.643. The molecule has 2 aromatic heterocycles. The van der Waals surface area contributed by atoms with Crippen LogP contribution in [0.1, 0.15) is 51.8 Å². The van der Waals surface area contributed by atoms with Crippen LogP contribution in [-0.2, 0) is 29.1 Å². The molecule has 0 bridgehead atoms. The van der Waals surface area contributed by atoms with Crippen molar-refractivity contribution in [3.8, 4) is 0 Å². The Bertz CT molecular complexity index is 1080. The summed E-state index contributed by atoms with van der Waals surface area (Å²) < 4.78 is 11.1. The fourth-order valence-corrected chi connectivity index (χ4v) is 4.45. The van der Waals surface area contributed by atoms with E-state index in [9.17, 15) is 9.59 Å². The number of amides is 2. The number of nitrogens with zero attached hydrogens (tertiary/aromatic N) is 2. The Morgan fingerprint density at radius 1 is 1.12 bits per heavy atom. The van der Waals surface area contributed by atoms with Crippen molar-refractivity contribution in [2.45, 2.75) is 44.4 Å². The molecule has 1 saturated heterocycles. The second-order valence-electron chi connectivity index (χ2n) is 8.34. The SMILES string of the molecule is O=C(NCc1ccco1)c1cc(C2CCN(C(=O)C3Cc4ccccc4CO3)CC2)[nH]n1. The van der Waals surface area contributed by atoms with Crippen LogP contribution in [-0.4, -0.2) is 46.1 Å². The van der Waals surface area contributed by atoms with Crippen molar-refractivity contribution < 1.29 is 18.7 Å². The van der Waals surface area contributed by atoms with Crippen LogP contribution in [0.25, 0.3) is 0 Å². The van der Waals surface area contributed by atoms with Gasteiger partial charge in [-0.1, -0.05) is 24.3 Å². The first kappa shape index (κ1) is 20.5. The van der Waals surface area contributed by atoms with Gasteiger partial charge in [-0.25, -0.2) is 0 Å². The van der Waals surface area contributed by atoms with Gasteiger partial charge in [-0.15, -0.1) is 0 Å². The normalized spacial score (nSPS) is 18.9. The van der Waals surface area contributed by atoms with E-state index in [1.807, 2.05) is 23.1 Å². The lowest BCUT2D eigenvalue weighted by molar-refractivity contribution is -0.146. The summed E-state index contributed by atoms with van der Waals surface area (Å²) in [6.07, 6.45) is 3.45. The van der Waals surface area contributed by atoms with Crippen molar-refractivity contribution in [1.82, 2.24) is 20.4 Å². The summed E-state index contributed by atoms with van der Waals surface area (Å²) in [5, 5.41) is 9.98. The number of rotatable bonds is 5. The lowest BCUT2D eigenvalue weighted by Gasteiger charge is -2.35. The number of likely N-dealkylation sites (tertiary alicyclic amines) is 1. The average molecular weight is 434 g/mol. The molecular weight excluding hydrogens is 408 g/mol. The molecule has 166 valence electrons. The minimum Gasteiger partial charge on any atom is -0.467 e. The first-order valence-corrected chi connectivity index (χ1v) is 11.0. The fourth-order valence-electron chi connectivity index (χ4n) is 4.45. The Balaban J connectivity index is 1.13. The third kappa shape index (κ3) is 4.31. The van der Waals surface area contributed by atoms with Crippen LogP contribution < -0.4 is 5.32 Å². The van der Waals surface area contributed by atoms with Crippen molar-refractivity contribution in [3.63, 3.8) is 0 Å². The van der Waals surface area contributed by atoms with E-state index in [1.54, 1.807) is 18.4 Å². The number of fused-ring (bicyclic) bond motifs is 1. The van der Waals surface area contributed by atoms with Crippen LogP contribution in [0.4, 0.5) is 0 Å². The molecule has 32 heavy (non-hydrogen) atoms. The fraction of sp³-hybridized carbons (Fsp3) is 0.375. The molecule has 1 fully saturated rings. The third-order valence-corrected chi connectivity index (χ3v) is 6.32. The predicted octanol–water partition coefficient (Wildman–Crippen LogP) is 2.78. The maximum atomic E-state index is 13.0. The summed E-state index contributed by atoms with van der Waals surface area (Å²) >= 11 is 0. The van der Waals surface area contributed by atoms with E-state index in [2.05, 4.69) is 27.6 Å². The highest BCUT2D eigenvalue weighted by molar-refractivity contribution is 5.92. The number of carbonyl (C=O) groups excluding carboxylic acids is 2. The molecule has 4 heterocycles. The van der Waals surface area contributed by atoms with Crippen LogP contribution in [0.2, 0.25) is 0 Å². The van der Waals surface area contributed by atoms with Gasteiger partial charge in [-0.05, 0) is 42.2 Å². The second kappa shape index (κ2) is 9.00. The average Bonchev–Trinajstić information content (AvgIpc) is 3.54. The molecule has 5 rings (SSSR count). The molecule has 1 aromatic carbocycles. The Hall–Kier alpha value is -3.39. The van der Waals surface area contributed by atoms with Gasteiger partial charge in [0.15, 0.2) is 0 Å². The zero-order chi connectivity index (χ0) is 21.9. The van der Waals surface area contributed by atoms with Crippen LogP contribution in [0.5, 0.6) is 0 Å². The molecule has 2 aliphatic heterocycles. The van der Waals surface area contributed by atoms with Gasteiger partial charge in [0.1, 0.15) is 17.6 Å². The highest BCUT2D eigenvalue weighted by Gasteiger charge is 2.32. The molecule has 3 aromatic rings. The van der Waals surface area contributed by atoms with Crippen molar-refractivity contribution >= 4 is 11.8 Å². The number of benzene rings is 1. The number of hydrogen-bond acceptors (Lipinski definition) is 5. The molecule has 8 heteroatoms. The van der Waals surface area contributed by atoms with Gasteiger partial charge in [-0.3, -0.25) is 14.7 Å². The number of furan rings is 1. The number of H-pyrrole nitrogens is 1. The van der Waals surface area contributed by atoms with Gasteiger partial charge in [0.05, 0.1) is 19.4 Å². The van der Waals surface area contributed by atoms with Crippen molar-refractivity contribution in [3.05, 3.63) is 77.0 Å². The summed E-state index contributed by atoms with van der Waals surface area (Å²) in [6.45, 7) is 2.15. The molecule has 2 amide bonds. The maximum absolute atomic E-state index is 13.0. The van der Waals surface area contributed by atoms with Crippen LogP contribution in [0.3, 0.4) is 0 Å². The van der Waals surface area contributed by atoms with Gasteiger partial charge in [-0.2, -0.15) is 5.10 Å². The highest BCUT2D eigenvalue weighted by atomic mass is 16.5. The Morgan fingerprint density at radius 2 is 1.94 bits per heavy atom. The van der Waals surface area contributed by atoms with Gasteiger partial charge >= 0.3 is 0 Å². The molecule has 8 nitrogen and oxygen atoms in total. The Kier molecular flexibility index (Phi) is 5.77. The molecule has 1 atom stereocenters. The number of aromatic nitrogens is 2. The van der Waals surface area contributed by atoms with E-state index in [4.69, 9.17) is 9.15 Å². The van der Waals surface area contributed by atoms with Crippen molar-refractivity contribution in [2.75, 3.05) is 13.1 Å². The lowest BCUT2D eigenvalue weighted by Crippen LogP contribution is -2.46. The van der Waals surface area contributed by atoms with Gasteiger partial charge in [0.2, 0.25) is 0 Å². The third-order valence-electron chi connectivity index (χ3n) is 6.32.